The molecule has 1 unspecified atom stereocenters. The molecule has 0 aromatic heterocycles. The van der Waals surface area contributed by atoms with E-state index >= 15 is 0 Å². The number of phenols is 1. The van der Waals surface area contributed by atoms with Crippen molar-refractivity contribution in [2.45, 2.75) is 172 Å². The van der Waals surface area contributed by atoms with E-state index in [2.05, 4.69) is 0 Å². The first kappa shape index (κ1) is 49.7. The Labute approximate surface area is 333 Å². The summed E-state index contributed by atoms with van der Waals surface area (Å²) in [5, 5.41) is 92.5. The van der Waals surface area contributed by atoms with Gasteiger partial charge in [-0.3, -0.25) is 9.59 Å². The highest BCUT2D eigenvalue weighted by molar-refractivity contribution is 5.92. The van der Waals surface area contributed by atoms with Crippen molar-refractivity contribution in [2.24, 2.45) is 5.92 Å². The zero-order valence-corrected chi connectivity index (χ0v) is 33.2. The lowest BCUT2D eigenvalue weighted by molar-refractivity contribution is -0.325. The maximum absolute atomic E-state index is 12.8. The van der Waals surface area contributed by atoms with E-state index in [4.69, 9.17) is 18.9 Å². The molecule has 0 amide bonds. The summed E-state index contributed by atoms with van der Waals surface area (Å²) in [6.45, 7) is 1.54. The summed E-state index contributed by atoms with van der Waals surface area (Å²) in [6.07, 6.45) is -1.63. The molecule has 17 nitrogen and oxygen atoms in total. The number of carboxylic acid groups (broad SMARTS) is 2. The van der Waals surface area contributed by atoms with E-state index in [9.17, 15) is 65.1 Å². The number of carboxylic acids is 2. The summed E-state index contributed by atoms with van der Waals surface area (Å²) in [4.78, 5) is 48.1. The van der Waals surface area contributed by atoms with Crippen LogP contribution in [0.4, 0.5) is 0 Å². The molecule has 1 aromatic rings. The number of aliphatic hydroxyl groups is 6. The number of aliphatic hydroxyl groups excluding tert-OH is 6. The Balaban J connectivity index is 1.82. The second-order valence-electron chi connectivity index (χ2n) is 14.9. The molecule has 2 rings (SSSR count). The van der Waals surface area contributed by atoms with Gasteiger partial charge in [0.05, 0.1) is 13.2 Å². The summed E-state index contributed by atoms with van der Waals surface area (Å²) in [5.74, 6) is -6.08. The standard InChI is InChI=1S/C40H64O17/c1-24(18-15-13-11-9-7-5-4-6-8-10-12-14-16-19-27-20-17-21-28(45)31(27)37(50)51)40(39(52)53,57-26(3)44)36(49)33(47)30(23-42)56-38-35(54-25(2)43)34(48)32(46)29(22-41)55-38/h17,20-21,24,29-30,32-36,38,41-42,45-49H,4-16,18-19,22-23H2,1-3H3,(H,50,51)(H,52,53)/t24?,29-,30-,32-,33-,34+,35+,36+,38+,40+/m1/s1. The number of benzene rings is 1. The lowest BCUT2D eigenvalue weighted by atomic mass is 9.77. The number of aromatic hydroxyl groups is 1. The van der Waals surface area contributed by atoms with Gasteiger partial charge in [0.15, 0.2) is 12.4 Å². The number of unbranched alkanes of at least 4 members (excludes halogenated alkanes) is 12. The summed E-state index contributed by atoms with van der Waals surface area (Å²) in [6, 6.07) is 4.78. The van der Waals surface area contributed by atoms with Crippen molar-refractivity contribution in [3.63, 3.8) is 0 Å². The molecular formula is C40H64O17. The third-order valence-electron chi connectivity index (χ3n) is 10.6. The first-order valence-electron chi connectivity index (χ1n) is 19.9. The van der Waals surface area contributed by atoms with Gasteiger partial charge in [-0.25, -0.2) is 9.59 Å². The molecule has 1 aliphatic heterocycles. The van der Waals surface area contributed by atoms with E-state index < -0.39 is 97.6 Å². The first-order valence-corrected chi connectivity index (χ1v) is 19.9. The minimum atomic E-state index is -2.68. The van der Waals surface area contributed by atoms with Crippen LogP contribution >= 0.6 is 0 Å². The van der Waals surface area contributed by atoms with Crippen LogP contribution in [0.1, 0.15) is 127 Å². The van der Waals surface area contributed by atoms with Crippen molar-refractivity contribution in [1.82, 2.24) is 0 Å². The Morgan fingerprint density at radius 1 is 0.807 bits per heavy atom. The van der Waals surface area contributed by atoms with Gasteiger partial charge >= 0.3 is 23.9 Å². The molecule has 0 saturated carbocycles. The second kappa shape index (κ2) is 25.2. The lowest BCUT2D eigenvalue weighted by Crippen LogP contribution is -2.65. The summed E-state index contributed by atoms with van der Waals surface area (Å²) in [7, 11) is 0. The highest BCUT2D eigenvalue weighted by Gasteiger charge is 2.57. The number of hydrogen-bond acceptors (Lipinski definition) is 15. The van der Waals surface area contributed by atoms with Crippen LogP contribution in [-0.4, -0.2) is 138 Å². The lowest BCUT2D eigenvalue weighted by Gasteiger charge is -2.44. The van der Waals surface area contributed by atoms with E-state index in [1.165, 1.54) is 13.0 Å². The summed E-state index contributed by atoms with van der Waals surface area (Å²) >= 11 is 0. The number of carbonyl (C=O) groups is 4. The highest BCUT2D eigenvalue weighted by atomic mass is 16.7. The summed E-state index contributed by atoms with van der Waals surface area (Å²) < 4.78 is 21.2. The Morgan fingerprint density at radius 3 is 1.82 bits per heavy atom. The van der Waals surface area contributed by atoms with Crippen molar-refractivity contribution in [3.05, 3.63) is 29.3 Å². The van der Waals surface area contributed by atoms with Gasteiger partial charge in [0.2, 0.25) is 5.60 Å². The largest absolute Gasteiger partial charge is 0.507 e. The average Bonchev–Trinajstić information content (AvgIpc) is 3.15. The minimum Gasteiger partial charge on any atom is -0.507 e. The van der Waals surface area contributed by atoms with Gasteiger partial charge in [0.1, 0.15) is 47.9 Å². The number of rotatable bonds is 28. The van der Waals surface area contributed by atoms with Gasteiger partial charge in [0.25, 0.3) is 0 Å². The predicted molar refractivity (Wildman–Crippen MR) is 202 cm³/mol. The maximum atomic E-state index is 12.8. The Kier molecular flexibility index (Phi) is 21.9. The van der Waals surface area contributed by atoms with Gasteiger partial charge in [-0.2, -0.15) is 0 Å². The van der Waals surface area contributed by atoms with E-state index in [1.54, 1.807) is 12.1 Å². The van der Waals surface area contributed by atoms with Gasteiger partial charge < -0.3 is 64.9 Å². The first-order chi connectivity index (χ1) is 27.0. The van der Waals surface area contributed by atoms with Crippen molar-refractivity contribution in [2.75, 3.05) is 13.2 Å². The topological polar surface area (TPSA) is 287 Å². The SMILES string of the molecule is CC(=O)O[C@@H]1[C@H](O[C@H](CO)[C@@H](O)[C@H](O)[C@](OC(C)=O)(C(=O)O)C(C)CCCCCCCCCCCCCCCc2cccc(O)c2C(=O)O)O[C@H](CO)[C@@H](O)[C@@H]1O. The normalized spacial score (nSPS) is 22.8. The third-order valence-corrected chi connectivity index (χ3v) is 10.6. The molecule has 1 aromatic carbocycles. The molecule has 0 bridgehead atoms. The summed E-state index contributed by atoms with van der Waals surface area (Å²) in [5.41, 5.74) is -2.05. The van der Waals surface area contributed by atoms with Crippen LogP contribution in [-0.2, 0) is 39.8 Å². The number of aliphatic carboxylic acids is 1. The van der Waals surface area contributed by atoms with Gasteiger partial charge in [-0.15, -0.1) is 0 Å². The molecule has 1 saturated heterocycles. The monoisotopic (exact) mass is 816 g/mol. The van der Waals surface area contributed by atoms with Gasteiger partial charge in [0, 0.05) is 19.8 Å². The van der Waals surface area contributed by atoms with Crippen LogP contribution in [0.2, 0.25) is 0 Å². The molecular weight excluding hydrogens is 752 g/mol. The van der Waals surface area contributed by atoms with Crippen molar-refractivity contribution in [1.29, 1.82) is 0 Å². The van der Waals surface area contributed by atoms with E-state index in [0.29, 0.717) is 18.4 Å². The number of esters is 2. The maximum Gasteiger partial charge on any atom is 0.351 e. The molecule has 1 aliphatic rings. The van der Waals surface area contributed by atoms with Crippen LogP contribution in [0.3, 0.4) is 0 Å². The Morgan fingerprint density at radius 2 is 1.35 bits per heavy atom. The van der Waals surface area contributed by atoms with Gasteiger partial charge in [-0.05, 0) is 30.9 Å². The van der Waals surface area contributed by atoms with E-state index in [1.807, 2.05) is 0 Å². The predicted octanol–water partition coefficient (Wildman–Crippen LogP) is 2.59. The van der Waals surface area contributed by atoms with Gasteiger partial charge in [-0.1, -0.05) is 96.1 Å². The molecule has 0 radical (unpaired) electrons. The molecule has 1 fully saturated rings. The molecule has 10 atom stereocenters. The highest BCUT2D eigenvalue weighted by Crippen LogP contribution is 2.35. The second-order valence-corrected chi connectivity index (χ2v) is 14.9. The number of aryl methyl sites for hydroxylation is 1. The number of carbonyl (C=O) groups excluding carboxylic acids is 2. The molecule has 0 aliphatic carbocycles. The fourth-order valence-corrected chi connectivity index (χ4v) is 7.38. The van der Waals surface area contributed by atoms with E-state index in [-0.39, 0.29) is 17.7 Å². The smallest absolute Gasteiger partial charge is 0.351 e. The zero-order chi connectivity index (χ0) is 42.7. The van der Waals surface area contributed by atoms with E-state index in [0.717, 1.165) is 90.9 Å². The Bertz CT molecular complexity index is 1390. The number of aromatic carboxylic acids is 1. The molecule has 326 valence electrons. The van der Waals surface area contributed by atoms with Crippen LogP contribution < -0.4 is 0 Å². The zero-order valence-electron chi connectivity index (χ0n) is 33.2. The molecule has 1 heterocycles. The average molecular weight is 817 g/mol. The molecule has 57 heavy (non-hydrogen) atoms. The quantitative estimate of drug-likeness (QED) is 0.0434. The molecule has 17 heteroatoms. The minimum absolute atomic E-state index is 0.0187. The fourth-order valence-electron chi connectivity index (χ4n) is 7.38. The van der Waals surface area contributed by atoms with Crippen LogP contribution in [0.5, 0.6) is 5.75 Å². The van der Waals surface area contributed by atoms with Crippen molar-refractivity contribution in [3.8, 4) is 5.75 Å². The van der Waals surface area contributed by atoms with Crippen molar-refractivity contribution < 1.29 is 84.1 Å². The number of hydrogen-bond donors (Lipinski definition) is 9. The Hall–Kier alpha value is -3.42. The molecule has 9 N–H and O–H groups in total. The number of ether oxygens (including phenoxy) is 4. The van der Waals surface area contributed by atoms with Crippen LogP contribution in [0.15, 0.2) is 18.2 Å². The molecule has 0 spiro atoms. The van der Waals surface area contributed by atoms with Crippen molar-refractivity contribution >= 4 is 23.9 Å². The van der Waals surface area contributed by atoms with Crippen LogP contribution in [0, 0.1) is 5.92 Å². The fraction of sp³-hybridized carbons (Fsp3) is 0.750. The van der Waals surface area contributed by atoms with Crippen LogP contribution in [0.25, 0.3) is 0 Å². The third kappa shape index (κ3) is 14.7.